The second-order valence-electron chi connectivity index (χ2n) is 5.24. The number of carbonyl (C=O) groups excluding carboxylic acids is 1. The summed E-state index contributed by atoms with van der Waals surface area (Å²) in [5.41, 5.74) is 4.15. The van der Waals surface area contributed by atoms with Crippen molar-refractivity contribution in [2.75, 3.05) is 5.32 Å². The van der Waals surface area contributed by atoms with E-state index in [-0.39, 0.29) is 11.3 Å². The number of hydrogen-bond donors (Lipinski definition) is 1. The Morgan fingerprint density at radius 1 is 1.19 bits per heavy atom. The van der Waals surface area contributed by atoms with Gasteiger partial charge in [-0.05, 0) is 37.5 Å². The Kier molecular flexibility index (Phi) is 5.40. The molecular formula is C18H20ClNO. The zero-order chi connectivity index (χ0) is 15.2. The van der Waals surface area contributed by atoms with Gasteiger partial charge in [-0.1, -0.05) is 48.0 Å². The average molecular weight is 302 g/mol. The van der Waals surface area contributed by atoms with Crippen LogP contribution in [0.25, 0.3) is 0 Å². The van der Waals surface area contributed by atoms with Gasteiger partial charge < -0.3 is 5.32 Å². The molecule has 0 heterocycles. The van der Waals surface area contributed by atoms with Gasteiger partial charge in [0.1, 0.15) is 0 Å². The van der Waals surface area contributed by atoms with E-state index in [0.717, 1.165) is 17.7 Å². The van der Waals surface area contributed by atoms with Crippen molar-refractivity contribution in [3.63, 3.8) is 0 Å². The SMILES string of the molecule is Cc1cccc(CCC(=O)Nc2ccccc2C(C)Cl)c1. The number of halogens is 1. The Hall–Kier alpha value is -1.80. The standard InChI is InChI=1S/C18H20ClNO/c1-13-6-5-7-15(12-13)10-11-18(21)20-17-9-4-3-8-16(17)14(2)19/h3-9,12,14H,10-11H2,1-2H3,(H,20,21). The van der Waals surface area contributed by atoms with E-state index in [1.165, 1.54) is 11.1 Å². The van der Waals surface area contributed by atoms with Gasteiger partial charge in [0.15, 0.2) is 0 Å². The van der Waals surface area contributed by atoms with E-state index in [1.54, 1.807) is 0 Å². The van der Waals surface area contributed by atoms with Crippen LogP contribution in [0.15, 0.2) is 48.5 Å². The Balaban J connectivity index is 1.96. The monoisotopic (exact) mass is 301 g/mol. The summed E-state index contributed by atoms with van der Waals surface area (Å²) >= 11 is 6.13. The van der Waals surface area contributed by atoms with Crippen LogP contribution in [0.3, 0.4) is 0 Å². The minimum Gasteiger partial charge on any atom is -0.326 e. The van der Waals surface area contributed by atoms with Gasteiger partial charge in [0.25, 0.3) is 0 Å². The first-order valence-electron chi connectivity index (χ1n) is 7.14. The second-order valence-corrected chi connectivity index (χ2v) is 5.90. The van der Waals surface area contributed by atoms with E-state index in [9.17, 15) is 4.79 Å². The average Bonchev–Trinajstić information content (AvgIpc) is 2.45. The number of alkyl halides is 1. The molecule has 2 rings (SSSR count). The zero-order valence-corrected chi connectivity index (χ0v) is 13.2. The van der Waals surface area contributed by atoms with Gasteiger partial charge >= 0.3 is 0 Å². The van der Waals surface area contributed by atoms with Gasteiger partial charge in [-0.25, -0.2) is 0 Å². The van der Waals surface area contributed by atoms with Crippen molar-refractivity contribution >= 4 is 23.2 Å². The van der Waals surface area contributed by atoms with Crippen molar-refractivity contribution in [1.29, 1.82) is 0 Å². The second kappa shape index (κ2) is 7.28. The third kappa shape index (κ3) is 4.61. The largest absolute Gasteiger partial charge is 0.326 e. The fraction of sp³-hybridized carbons (Fsp3) is 0.278. The predicted molar refractivity (Wildman–Crippen MR) is 88.8 cm³/mol. The summed E-state index contributed by atoms with van der Waals surface area (Å²) in [6.07, 6.45) is 1.21. The molecule has 0 fully saturated rings. The first kappa shape index (κ1) is 15.6. The Morgan fingerprint density at radius 3 is 2.67 bits per heavy atom. The molecule has 0 aliphatic carbocycles. The number of nitrogens with one attached hydrogen (secondary N) is 1. The number of anilines is 1. The molecule has 0 aliphatic rings. The van der Waals surface area contributed by atoms with E-state index in [4.69, 9.17) is 11.6 Å². The molecule has 1 N–H and O–H groups in total. The van der Waals surface area contributed by atoms with Crippen molar-refractivity contribution in [2.45, 2.75) is 32.1 Å². The molecule has 3 heteroatoms. The van der Waals surface area contributed by atoms with Crippen LogP contribution in [-0.4, -0.2) is 5.91 Å². The molecule has 0 bridgehead atoms. The first-order chi connectivity index (χ1) is 10.1. The van der Waals surface area contributed by atoms with Crippen molar-refractivity contribution < 1.29 is 4.79 Å². The number of carbonyl (C=O) groups is 1. The van der Waals surface area contributed by atoms with Crippen molar-refractivity contribution in [1.82, 2.24) is 0 Å². The van der Waals surface area contributed by atoms with Crippen LogP contribution in [-0.2, 0) is 11.2 Å². The van der Waals surface area contributed by atoms with Gasteiger partial charge in [-0.3, -0.25) is 4.79 Å². The fourth-order valence-electron chi connectivity index (χ4n) is 2.30. The maximum Gasteiger partial charge on any atom is 0.224 e. The first-order valence-corrected chi connectivity index (χ1v) is 7.58. The molecular weight excluding hydrogens is 282 g/mol. The van der Waals surface area contributed by atoms with Crippen LogP contribution in [0.2, 0.25) is 0 Å². The summed E-state index contributed by atoms with van der Waals surface area (Å²) in [5, 5.41) is 2.83. The molecule has 0 saturated carbocycles. The van der Waals surface area contributed by atoms with Crippen LogP contribution >= 0.6 is 11.6 Å². The molecule has 0 radical (unpaired) electrons. The van der Waals surface area contributed by atoms with Gasteiger partial charge in [-0.15, -0.1) is 11.6 Å². The number of para-hydroxylation sites is 1. The molecule has 2 aromatic carbocycles. The van der Waals surface area contributed by atoms with E-state index in [2.05, 4.69) is 30.4 Å². The lowest BCUT2D eigenvalue weighted by Crippen LogP contribution is -2.13. The van der Waals surface area contributed by atoms with E-state index in [1.807, 2.05) is 37.3 Å². The molecule has 2 nitrogen and oxygen atoms in total. The Morgan fingerprint density at radius 2 is 1.95 bits per heavy atom. The van der Waals surface area contributed by atoms with Crippen molar-refractivity contribution in [3.05, 3.63) is 65.2 Å². The normalized spacial score (nSPS) is 12.0. The zero-order valence-electron chi connectivity index (χ0n) is 12.4. The van der Waals surface area contributed by atoms with Crippen molar-refractivity contribution in [3.8, 4) is 0 Å². The number of benzene rings is 2. The molecule has 2 aromatic rings. The highest BCUT2D eigenvalue weighted by Crippen LogP contribution is 2.27. The highest BCUT2D eigenvalue weighted by atomic mass is 35.5. The lowest BCUT2D eigenvalue weighted by atomic mass is 10.1. The third-order valence-electron chi connectivity index (χ3n) is 3.39. The quantitative estimate of drug-likeness (QED) is 0.785. The minimum absolute atomic E-state index is 0.0151. The number of amides is 1. The molecule has 1 atom stereocenters. The van der Waals surface area contributed by atoms with Crippen LogP contribution in [0.1, 0.15) is 35.4 Å². The van der Waals surface area contributed by atoms with Gasteiger partial charge in [0.2, 0.25) is 5.91 Å². The van der Waals surface area contributed by atoms with Crippen LogP contribution in [0.5, 0.6) is 0 Å². The molecule has 0 spiro atoms. The lowest BCUT2D eigenvalue weighted by Gasteiger charge is -2.12. The van der Waals surface area contributed by atoms with E-state index in [0.29, 0.717) is 6.42 Å². The maximum absolute atomic E-state index is 12.1. The number of rotatable bonds is 5. The van der Waals surface area contributed by atoms with Crippen LogP contribution in [0.4, 0.5) is 5.69 Å². The molecule has 1 unspecified atom stereocenters. The van der Waals surface area contributed by atoms with Gasteiger partial charge in [-0.2, -0.15) is 0 Å². The van der Waals surface area contributed by atoms with Gasteiger partial charge in [0, 0.05) is 12.1 Å². The molecule has 110 valence electrons. The molecule has 21 heavy (non-hydrogen) atoms. The van der Waals surface area contributed by atoms with Crippen molar-refractivity contribution in [2.24, 2.45) is 0 Å². The molecule has 0 aliphatic heterocycles. The summed E-state index contributed by atoms with van der Waals surface area (Å²) in [6, 6.07) is 15.9. The molecule has 0 aromatic heterocycles. The highest BCUT2D eigenvalue weighted by molar-refractivity contribution is 6.21. The van der Waals surface area contributed by atoms with Gasteiger partial charge in [0.05, 0.1) is 5.38 Å². The molecule has 0 saturated heterocycles. The molecule has 1 amide bonds. The Labute approximate surface area is 131 Å². The topological polar surface area (TPSA) is 29.1 Å². The fourth-order valence-corrected chi connectivity index (χ4v) is 2.49. The predicted octanol–water partition coefficient (Wildman–Crippen LogP) is 4.87. The van der Waals surface area contributed by atoms with E-state index < -0.39 is 0 Å². The van der Waals surface area contributed by atoms with E-state index >= 15 is 0 Å². The summed E-state index contributed by atoms with van der Waals surface area (Å²) in [4.78, 5) is 12.1. The highest BCUT2D eigenvalue weighted by Gasteiger charge is 2.10. The lowest BCUT2D eigenvalue weighted by molar-refractivity contribution is -0.116. The minimum atomic E-state index is -0.127. The Bertz CT molecular complexity index is 622. The summed E-state index contributed by atoms with van der Waals surface area (Å²) in [6.45, 7) is 3.96. The number of aryl methyl sites for hydroxylation is 2. The number of hydrogen-bond acceptors (Lipinski definition) is 1. The smallest absolute Gasteiger partial charge is 0.224 e. The maximum atomic E-state index is 12.1. The summed E-state index contributed by atoms with van der Waals surface area (Å²) in [7, 11) is 0. The van der Waals surface area contributed by atoms with Crippen LogP contribution < -0.4 is 5.32 Å². The van der Waals surface area contributed by atoms with Crippen LogP contribution in [0, 0.1) is 6.92 Å². The third-order valence-corrected chi connectivity index (χ3v) is 3.62. The summed E-state index contributed by atoms with van der Waals surface area (Å²) in [5.74, 6) is 0.0151. The summed E-state index contributed by atoms with van der Waals surface area (Å²) < 4.78 is 0.